The summed E-state index contributed by atoms with van der Waals surface area (Å²) in [7, 11) is 0. The Hall–Kier alpha value is -1.01. The van der Waals surface area contributed by atoms with Crippen LogP contribution in [0.5, 0.6) is 0 Å². The molecule has 0 saturated carbocycles. The largest absolute Gasteiger partial charge is 4.00 e. The van der Waals surface area contributed by atoms with E-state index in [4.69, 9.17) is 0 Å². The molecule has 0 spiro atoms. The minimum Gasteiger partial charge on any atom is -1.00 e. The van der Waals surface area contributed by atoms with Crippen molar-refractivity contribution in [1.29, 1.82) is 0 Å². The van der Waals surface area contributed by atoms with Crippen LogP contribution < -0.4 is 24.8 Å². The van der Waals surface area contributed by atoms with Crippen molar-refractivity contribution >= 4 is 0 Å². The summed E-state index contributed by atoms with van der Waals surface area (Å²) in [6.07, 6.45) is 6.25. The maximum Gasteiger partial charge on any atom is 4.00 e. The van der Waals surface area contributed by atoms with E-state index in [1.165, 1.54) is 41.5 Å². The molecule has 2 aliphatic rings. The van der Waals surface area contributed by atoms with Crippen LogP contribution in [-0.2, 0) is 26.2 Å². The van der Waals surface area contributed by atoms with Gasteiger partial charge in [0, 0.05) is 5.92 Å². The van der Waals surface area contributed by atoms with Crippen LogP contribution in [0.1, 0.15) is 36.3 Å². The van der Waals surface area contributed by atoms with E-state index < -0.39 is 0 Å². The second-order valence-electron chi connectivity index (χ2n) is 6.15. The van der Waals surface area contributed by atoms with Crippen molar-refractivity contribution < 1.29 is 51.0 Å². The Morgan fingerprint density at radius 1 is 0.885 bits per heavy atom. The fourth-order valence-electron chi connectivity index (χ4n) is 3.74. The molecule has 0 fully saturated rings. The van der Waals surface area contributed by atoms with Crippen LogP contribution in [0.15, 0.2) is 84.4 Å². The van der Waals surface area contributed by atoms with Gasteiger partial charge < -0.3 is 24.8 Å². The molecule has 1 atom stereocenters. The normalized spacial score (nSPS) is 15.7. The number of hydrogen-bond acceptors (Lipinski definition) is 0. The fourth-order valence-corrected chi connectivity index (χ4v) is 3.74. The fraction of sp³-hybridized carbons (Fsp3) is 0.174. The van der Waals surface area contributed by atoms with Crippen molar-refractivity contribution in [2.75, 3.05) is 0 Å². The van der Waals surface area contributed by atoms with Gasteiger partial charge in [-0.25, -0.2) is 12.1 Å². The molecule has 0 radical (unpaired) electrons. The number of rotatable bonds is 1. The van der Waals surface area contributed by atoms with E-state index in [0.29, 0.717) is 5.92 Å². The summed E-state index contributed by atoms with van der Waals surface area (Å²) >= 11 is 0. The van der Waals surface area contributed by atoms with Gasteiger partial charge >= 0.3 is 26.2 Å². The maximum atomic E-state index is 3.48. The van der Waals surface area contributed by atoms with Gasteiger partial charge in [0.2, 0.25) is 0 Å². The molecule has 0 nitrogen and oxygen atoms in total. The Kier molecular flexibility index (Phi) is 9.72. The first kappa shape index (κ1) is 23.0. The molecule has 3 heteroatoms. The van der Waals surface area contributed by atoms with Crippen LogP contribution in [0.3, 0.4) is 0 Å². The molecule has 0 bridgehead atoms. The zero-order chi connectivity index (χ0) is 15.5. The van der Waals surface area contributed by atoms with Gasteiger partial charge in [-0.05, 0) is 24.8 Å². The molecular formula is C23H20Cl2Zr. The van der Waals surface area contributed by atoms with Gasteiger partial charge in [-0.1, -0.05) is 41.5 Å². The van der Waals surface area contributed by atoms with Gasteiger partial charge in [0.15, 0.2) is 0 Å². The van der Waals surface area contributed by atoms with E-state index in [1.54, 1.807) is 5.57 Å². The SMILES string of the molecule is [Cl-].[Cl-].[Zr+4].[c-]1cccc2c1C(C1=CCCC1)c1ccccc1-2.c1cc[cH-]c1. The number of allylic oxidation sites excluding steroid dienone is 2. The first-order valence-electron chi connectivity index (χ1n) is 8.40. The molecule has 0 aromatic heterocycles. The van der Waals surface area contributed by atoms with Gasteiger partial charge in [0.1, 0.15) is 0 Å². The molecular weight excluding hydrogens is 438 g/mol. The summed E-state index contributed by atoms with van der Waals surface area (Å²) in [5.41, 5.74) is 7.24. The van der Waals surface area contributed by atoms with Crippen molar-refractivity contribution in [2.45, 2.75) is 25.2 Å². The average molecular weight is 459 g/mol. The molecule has 0 saturated heterocycles. The van der Waals surface area contributed by atoms with E-state index >= 15 is 0 Å². The van der Waals surface area contributed by atoms with Crippen LogP contribution >= 0.6 is 0 Å². The molecule has 3 aromatic carbocycles. The number of benzene rings is 2. The van der Waals surface area contributed by atoms with E-state index in [9.17, 15) is 0 Å². The Morgan fingerprint density at radius 2 is 1.62 bits per heavy atom. The average Bonchev–Trinajstić information content (AvgIpc) is 3.35. The topological polar surface area (TPSA) is 0 Å². The van der Waals surface area contributed by atoms with Crippen LogP contribution in [0.4, 0.5) is 0 Å². The number of halogens is 2. The predicted octanol–water partition coefficient (Wildman–Crippen LogP) is 0.120. The summed E-state index contributed by atoms with van der Waals surface area (Å²) in [6, 6.07) is 28.7. The summed E-state index contributed by atoms with van der Waals surface area (Å²) in [5, 5.41) is 0. The first-order chi connectivity index (χ1) is 11.4. The zero-order valence-electron chi connectivity index (χ0n) is 14.5. The molecule has 130 valence electrons. The van der Waals surface area contributed by atoms with E-state index in [-0.39, 0.29) is 51.0 Å². The van der Waals surface area contributed by atoms with E-state index in [1.807, 2.05) is 36.4 Å². The van der Waals surface area contributed by atoms with Crippen LogP contribution in [-0.4, -0.2) is 0 Å². The van der Waals surface area contributed by atoms with Crippen molar-refractivity contribution in [3.05, 3.63) is 102 Å². The van der Waals surface area contributed by atoms with Crippen molar-refractivity contribution in [2.24, 2.45) is 0 Å². The molecule has 0 amide bonds. The number of fused-ring (bicyclic) bond motifs is 3. The second kappa shape index (κ2) is 11.0. The molecule has 0 aliphatic heterocycles. The molecule has 2 aliphatic carbocycles. The minimum absolute atomic E-state index is 0. The molecule has 0 heterocycles. The van der Waals surface area contributed by atoms with Crippen molar-refractivity contribution in [3.8, 4) is 11.1 Å². The second-order valence-corrected chi connectivity index (χ2v) is 6.15. The van der Waals surface area contributed by atoms with Crippen molar-refractivity contribution in [1.82, 2.24) is 0 Å². The van der Waals surface area contributed by atoms with Crippen LogP contribution in [0, 0.1) is 6.07 Å². The van der Waals surface area contributed by atoms with Gasteiger partial charge in [-0.3, -0.25) is 0 Å². The molecule has 26 heavy (non-hydrogen) atoms. The Morgan fingerprint density at radius 3 is 2.27 bits per heavy atom. The Labute approximate surface area is 188 Å². The van der Waals surface area contributed by atoms with Crippen LogP contribution in [0.25, 0.3) is 11.1 Å². The van der Waals surface area contributed by atoms with Gasteiger partial charge in [0.05, 0.1) is 0 Å². The predicted molar refractivity (Wildman–Crippen MR) is 96.5 cm³/mol. The molecule has 0 N–H and O–H groups in total. The number of hydrogen-bond donors (Lipinski definition) is 0. The molecule has 1 unspecified atom stereocenters. The minimum atomic E-state index is 0. The Bertz CT molecular complexity index is 759. The summed E-state index contributed by atoms with van der Waals surface area (Å²) in [6.45, 7) is 0. The monoisotopic (exact) mass is 456 g/mol. The molecule has 5 rings (SSSR count). The van der Waals surface area contributed by atoms with Gasteiger partial charge in [-0.15, -0.1) is 11.1 Å². The van der Waals surface area contributed by atoms with Crippen molar-refractivity contribution in [3.63, 3.8) is 0 Å². The smallest absolute Gasteiger partial charge is 1.00 e. The Balaban J connectivity index is 0.000000372. The van der Waals surface area contributed by atoms with Gasteiger partial charge in [-0.2, -0.15) is 42.5 Å². The summed E-state index contributed by atoms with van der Waals surface area (Å²) < 4.78 is 0. The quantitative estimate of drug-likeness (QED) is 0.359. The maximum absolute atomic E-state index is 3.48. The third-order valence-corrected chi connectivity index (χ3v) is 4.74. The van der Waals surface area contributed by atoms with Gasteiger partial charge in [0.25, 0.3) is 0 Å². The molecule has 3 aromatic rings. The standard InChI is InChI=1S/C18H15.C5H5.2ClH.Zr/c1-2-8-13(7-1)18-16-11-5-3-9-14(16)15-10-4-6-12-17(15)18;1-2-4-5-3-1;;;/h3-7,9-11,18H,1-2,8H2;1-5H;2*1H;/q2*-1;;;+4/p-2. The van der Waals surface area contributed by atoms with E-state index in [2.05, 4.69) is 48.5 Å². The summed E-state index contributed by atoms with van der Waals surface area (Å²) in [5.74, 6) is 0.472. The van der Waals surface area contributed by atoms with E-state index in [0.717, 1.165) is 0 Å². The van der Waals surface area contributed by atoms with Crippen LogP contribution in [0.2, 0.25) is 0 Å². The zero-order valence-corrected chi connectivity index (χ0v) is 18.4. The first-order valence-corrected chi connectivity index (χ1v) is 8.40. The summed E-state index contributed by atoms with van der Waals surface area (Å²) in [4.78, 5) is 0. The third-order valence-electron chi connectivity index (χ3n) is 4.74. The third kappa shape index (κ3) is 4.63.